The second-order valence-electron chi connectivity index (χ2n) is 7.76. The lowest BCUT2D eigenvalue weighted by atomic mass is 9.94. The molecular formula is C24H27FN2O5. The molecule has 170 valence electrons. The summed E-state index contributed by atoms with van der Waals surface area (Å²) in [5.74, 6) is -1.39. The molecule has 0 aliphatic carbocycles. The normalized spacial score (nSPS) is 17.8. The lowest BCUT2D eigenvalue weighted by molar-refractivity contribution is -0.140. The largest absolute Gasteiger partial charge is 0.507 e. The van der Waals surface area contributed by atoms with Crippen molar-refractivity contribution in [3.63, 3.8) is 0 Å². The molecule has 2 aromatic carbocycles. The highest BCUT2D eigenvalue weighted by Crippen LogP contribution is 2.43. The number of carbonyl (C=O) groups excluding carboxylic acids is 2. The minimum absolute atomic E-state index is 0.0713. The Labute approximate surface area is 186 Å². The number of ether oxygens (including phenoxy) is 2. The molecule has 0 spiro atoms. The first-order chi connectivity index (χ1) is 15.3. The van der Waals surface area contributed by atoms with E-state index in [4.69, 9.17) is 9.47 Å². The van der Waals surface area contributed by atoms with Crippen LogP contribution in [0.1, 0.15) is 23.6 Å². The molecule has 3 rings (SSSR count). The fourth-order valence-corrected chi connectivity index (χ4v) is 3.81. The summed E-state index contributed by atoms with van der Waals surface area (Å²) >= 11 is 0. The smallest absolute Gasteiger partial charge is 0.295 e. The van der Waals surface area contributed by atoms with Gasteiger partial charge in [-0.3, -0.25) is 9.59 Å². The quantitative estimate of drug-likeness (QED) is 0.384. The molecule has 0 saturated carbocycles. The fourth-order valence-electron chi connectivity index (χ4n) is 3.81. The van der Waals surface area contributed by atoms with Gasteiger partial charge in [0.05, 0.1) is 25.8 Å². The highest BCUT2D eigenvalue weighted by Gasteiger charge is 2.47. The molecule has 1 heterocycles. The Hall–Kier alpha value is -3.39. The summed E-state index contributed by atoms with van der Waals surface area (Å²) in [7, 11) is 6.85. The minimum atomic E-state index is -0.882. The van der Waals surface area contributed by atoms with Crippen molar-refractivity contribution in [3.8, 4) is 11.5 Å². The van der Waals surface area contributed by atoms with Crippen LogP contribution in [0.4, 0.5) is 4.39 Å². The highest BCUT2D eigenvalue weighted by molar-refractivity contribution is 6.46. The maximum atomic E-state index is 13.4. The van der Waals surface area contributed by atoms with Gasteiger partial charge >= 0.3 is 0 Å². The van der Waals surface area contributed by atoms with Crippen LogP contribution in [0.3, 0.4) is 0 Å². The zero-order valence-corrected chi connectivity index (χ0v) is 18.6. The van der Waals surface area contributed by atoms with E-state index in [0.29, 0.717) is 36.6 Å². The van der Waals surface area contributed by atoms with E-state index in [1.54, 1.807) is 18.2 Å². The van der Waals surface area contributed by atoms with Gasteiger partial charge in [0.15, 0.2) is 0 Å². The number of hydrogen-bond acceptors (Lipinski definition) is 6. The molecule has 0 radical (unpaired) electrons. The van der Waals surface area contributed by atoms with Gasteiger partial charge in [0.1, 0.15) is 23.1 Å². The molecule has 1 fully saturated rings. The van der Waals surface area contributed by atoms with E-state index in [-0.39, 0.29) is 16.9 Å². The fraction of sp³-hybridized carbons (Fsp3) is 0.333. The Morgan fingerprint density at radius 3 is 2.38 bits per heavy atom. The molecule has 1 saturated heterocycles. The third-order valence-corrected chi connectivity index (χ3v) is 5.39. The van der Waals surface area contributed by atoms with Gasteiger partial charge in [0.2, 0.25) is 0 Å². The molecule has 1 unspecified atom stereocenters. The van der Waals surface area contributed by atoms with Crippen LogP contribution in [0, 0.1) is 5.82 Å². The number of ketones is 1. The van der Waals surface area contributed by atoms with Crippen molar-refractivity contribution < 1.29 is 28.6 Å². The summed E-state index contributed by atoms with van der Waals surface area (Å²) in [6.45, 7) is 1.01. The maximum Gasteiger partial charge on any atom is 0.295 e. The second-order valence-corrected chi connectivity index (χ2v) is 7.76. The molecule has 1 amide bonds. The molecule has 0 bridgehead atoms. The van der Waals surface area contributed by atoms with Crippen molar-refractivity contribution in [2.45, 2.75) is 12.5 Å². The highest BCUT2D eigenvalue weighted by atomic mass is 19.1. The number of nitrogens with zero attached hydrogens (tertiary/aromatic N) is 2. The summed E-state index contributed by atoms with van der Waals surface area (Å²) in [5.41, 5.74) is 0.683. The maximum absolute atomic E-state index is 13.4. The van der Waals surface area contributed by atoms with Gasteiger partial charge in [-0.2, -0.15) is 0 Å². The van der Waals surface area contributed by atoms with E-state index >= 15 is 0 Å². The number of carbonyl (C=O) groups is 2. The monoisotopic (exact) mass is 442 g/mol. The first kappa shape index (κ1) is 23.3. The molecule has 32 heavy (non-hydrogen) atoms. The van der Waals surface area contributed by atoms with Crippen LogP contribution in [0.25, 0.3) is 5.76 Å². The van der Waals surface area contributed by atoms with Crippen molar-refractivity contribution in [1.82, 2.24) is 9.80 Å². The Bertz CT molecular complexity index is 1030. The van der Waals surface area contributed by atoms with Crippen LogP contribution >= 0.6 is 0 Å². The van der Waals surface area contributed by atoms with Gasteiger partial charge in [-0.05, 0) is 69.5 Å². The lowest BCUT2D eigenvalue weighted by Crippen LogP contribution is -2.32. The Morgan fingerprint density at radius 2 is 1.78 bits per heavy atom. The van der Waals surface area contributed by atoms with Crippen molar-refractivity contribution in [1.29, 1.82) is 0 Å². The Kier molecular flexibility index (Phi) is 7.15. The van der Waals surface area contributed by atoms with Crippen molar-refractivity contribution in [3.05, 3.63) is 65.0 Å². The molecule has 1 N–H and O–H groups in total. The van der Waals surface area contributed by atoms with E-state index in [1.807, 2.05) is 19.0 Å². The van der Waals surface area contributed by atoms with Crippen LogP contribution in [0.15, 0.2) is 48.0 Å². The number of rotatable bonds is 8. The summed E-state index contributed by atoms with van der Waals surface area (Å²) in [5, 5.41) is 11.0. The van der Waals surface area contributed by atoms with Gasteiger partial charge in [0.25, 0.3) is 11.7 Å². The average molecular weight is 442 g/mol. The van der Waals surface area contributed by atoms with Crippen molar-refractivity contribution >= 4 is 17.4 Å². The summed E-state index contributed by atoms with van der Waals surface area (Å²) in [6, 6.07) is 9.30. The van der Waals surface area contributed by atoms with E-state index in [2.05, 4.69) is 0 Å². The topological polar surface area (TPSA) is 79.3 Å². The van der Waals surface area contributed by atoms with Gasteiger partial charge < -0.3 is 24.4 Å². The molecule has 7 nitrogen and oxygen atoms in total. The molecule has 1 atom stereocenters. The lowest BCUT2D eigenvalue weighted by Gasteiger charge is -2.27. The first-order valence-corrected chi connectivity index (χ1v) is 10.2. The second kappa shape index (κ2) is 9.82. The molecule has 2 aromatic rings. The van der Waals surface area contributed by atoms with Gasteiger partial charge in [-0.25, -0.2) is 4.39 Å². The molecule has 1 aliphatic heterocycles. The number of benzene rings is 2. The number of hydrogen-bond donors (Lipinski definition) is 1. The number of halogens is 1. The third-order valence-electron chi connectivity index (χ3n) is 5.39. The summed E-state index contributed by atoms with van der Waals surface area (Å²) in [6.07, 6.45) is 0.624. The van der Waals surface area contributed by atoms with E-state index in [1.165, 1.54) is 43.4 Å². The van der Waals surface area contributed by atoms with E-state index in [9.17, 15) is 19.1 Å². The standard InChI is InChI=1S/C24H27FN2O5/c1-26(2)12-5-13-27-21(18-14-17(31-3)10-11-19(18)32-4)20(23(29)24(27)30)22(28)15-6-8-16(25)9-7-15/h6-11,14,21,28H,5,12-13H2,1-4H3. The third kappa shape index (κ3) is 4.60. The number of methoxy groups -OCH3 is 2. The Morgan fingerprint density at radius 1 is 1.09 bits per heavy atom. The van der Waals surface area contributed by atoms with Crippen LogP contribution in [0.2, 0.25) is 0 Å². The summed E-state index contributed by atoms with van der Waals surface area (Å²) < 4.78 is 24.2. The first-order valence-electron chi connectivity index (χ1n) is 10.2. The minimum Gasteiger partial charge on any atom is -0.507 e. The molecule has 0 aromatic heterocycles. The van der Waals surface area contributed by atoms with E-state index < -0.39 is 23.5 Å². The molecular weight excluding hydrogens is 415 g/mol. The zero-order chi connectivity index (χ0) is 23.4. The predicted octanol–water partition coefficient (Wildman–Crippen LogP) is 3.22. The average Bonchev–Trinajstić information content (AvgIpc) is 3.03. The number of Topliss-reactive ketones (excluding diaryl/α,β-unsaturated/α-hetero) is 1. The van der Waals surface area contributed by atoms with Crippen molar-refractivity contribution in [2.24, 2.45) is 0 Å². The van der Waals surface area contributed by atoms with Gasteiger partial charge in [-0.15, -0.1) is 0 Å². The van der Waals surface area contributed by atoms with E-state index in [0.717, 1.165) is 0 Å². The van der Waals surface area contributed by atoms with Crippen LogP contribution in [0.5, 0.6) is 11.5 Å². The Balaban J connectivity index is 2.18. The number of aliphatic hydroxyl groups excluding tert-OH is 1. The van der Waals surface area contributed by atoms with Crippen LogP contribution in [-0.4, -0.2) is 68.0 Å². The predicted molar refractivity (Wildman–Crippen MR) is 118 cm³/mol. The number of likely N-dealkylation sites (tertiary alicyclic amines) is 1. The van der Waals surface area contributed by atoms with Gasteiger partial charge in [0, 0.05) is 17.7 Å². The molecule has 1 aliphatic rings. The number of aliphatic hydroxyl groups is 1. The van der Waals surface area contributed by atoms with Crippen LogP contribution < -0.4 is 9.47 Å². The number of amides is 1. The van der Waals surface area contributed by atoms with Crippen molar-refractivity contribution in [2.75, 3.05) is 41.4 Å². The van der Waals surface area contributed by atoms with Crippen LogP contribution in [-0.2, 0) is 9.59 Å². The molecule has 8 heteroatoms. The zero-order valence-electron chi connectivity index (χ0n) is 18.6. The summed E-state index contributed by atoms with van der Waals surface area (Å²) in [4.78, 5) is 29.5. The SMILES string of the molecule is COc1ccc(OC)c(C2C(=C(O)c3ccc(F)cc3)C(=O)C(=O)N2CCCN(C)C)c1. The van der Waals surface area contributed by atoms with Gasteiger partial charge in [-0.1, -0.05) is 0 Å².